The van der Waals surface area contributed by atoms with Gasteiger partial charge in [-0.2, -0.15) is 0 Å². The Balaban J connectivity index is 1.90. The Bertz CT molecular complexity index is 1060. The molecule has 0 atom stereocenters. The number of halogens is 1. The SMILES string of the molecule is CCOc1cc(C=C2SC(=S)N(C)C2=O)cc(Cl)c1OCc1ccccc1[N+](=O)[O-]. The van der Waals surface area contributed by atoms with Gasteiger partial charge in [0.1, 0.15) is 10.9 Å². The van der Waals surface area contributed by atoms with Crippen molar-refractivity contribution in [3.05, 3.63) is 67.6 Å². The summed E-state index contributed by atoms with van der Waals surface area (Å²) in [5.74, 6) is 0.467. The van der Waals surface area contributed by atoms with Crippen LogP contribution >= 0.6 is 35.6 Å². The zero-order chi connectivity index (χ0) is 21.8. The largest absolute Gasteiger partial charge is 0.490 e. The molecule has 1 heterocycles. The molecule has 156 valence electrons. The molecule has 2 aromatic rings. The summed E-state index contributed by atoms with van der Waals surface area (Å²) in [5, 5.41) is 11.5. The zero-order valence-corrected chi connectivity index (χ0v) is 18.5. The molecule has 7 nitrogen and oxygen atoms in total. The van der Waals surface area contributed by atoms with Gasteiger partial charge in [0.25, 0.3) is 11.6 Å². The van der Waals surface area contributed by atoms with E-state index < -0.39 is 4.92 Å². The average Bonchev–Trinajstić information content (AvgIpc) is 2.94. The Labute approximate surface area is 187 Å². The molecule has 10 heteroatoms. The molecular weight excluding hydrogens is 448 g/mol. The smallest absolute Gasteiger partial charge is 0.276 e. The molecule has 0 saturated carbocycles. The number of hydrogen-bond donors (Lipinski definition) is 0. The van der Waals surface area contributed by atoms with E-state index in [-0.39, 0.29) is 29.0 Å². The van der Waals surface area contributed by atoms with Crippen LogP contribution in [0, 0.1) is 10.1 Å². The van der Waals surface area contributed by atoms with Crippen molar-refractivity contribution in [2.45, 2.75) is 13.5 Å². The Morgan fingerprint density at radius 2 is 2.03 bits per heavy atom. The van der Waals surface area contributed by atoms with Crippen molar-refractivity contribution in [3.8, 4) is 11.5 Å². The van der Waals surface area contributed by atoms with Gasteiger partial charge in [0, 0.05) is 13.1 Å². The maximum atomic E-state index is 12.2. The van der Waals surface area contributed by atoms with E-state index in [0.717, 1.165) is 0 Å². The van der Waals surface area contributed by atoms with Crippen LogP contribution in [-0.4, -0.2) is 33.7 Å². The quantitative estimate of drug-likeness (QED) is 0.245. The van der Waals surface area contributed by atoms with Crippen LogP contribution < -0.4 is 9.47 Å². The third-order valence-corrected chi connectivity index (χ3v) is 5.94. The van der Waals surface area contributed by atoms with Crippen LogP contribution in [-0.2, 0) is 11.4 Å². The minimum atomic E-state index is -0.462. The number of rotatable bonds is 7. The lowest BCUT2D eigenvalue weighted by Crippen LogP contribution is -2.22. The molecule has 0 bridgehead atoms. The summed E-state index contributed by atoms with van der Waals surface area (Å²) in [6, 6.07) is 9.66. The van der Waals surface area contributed by atoms with Gasteiger partial charge in [-0.3, -0.25) is 19.8 Å². The van der Waals surface area contributed by atoms with E-state index in [4.69, 9.17) is 33.3 Å². The van der Waals surface area contributed by atoms with Crippen molar-refractivity contribution in [2.75, 3.05) is 13.7 Å². The fourth-order valence-corrected chi connectivity index (χ4v) is 4.19. The number of hydrogen-bond acceptors (Lipinski definition) is 7. The average molecular weight is 465 g/mol. The number of thiocarbonyl (C=S) groups is 1. The van der Waals surface area contributed by atoms with Gasteiger partial charge >= 0.3 is 0 Å². The number of amides is 1. The van der Waals surface area contributed by atoms with Crippen LogP contribution in [0.15, 0.2) is 41.3 Å². The van der Waals surface area contributed by atoms with Crippen LogP contribution in [0.2, 0.25) is 5.02 Å². The highest BCUT2D eigenvalue weighted by Crippen LogP contribution is 2.39. The summed E-state index contributed by atoms with van der Waals surface area (Å²) in [5.41, 5.74) is 1.02. The van der Waals surface area contributed by atoms with Crippen molar-refractivity contribution >= 4 is 57.6 Å². The normalized spacial score (nSPS) is 15.0. The first-order chi connectivity index (χ1) is 14.3. The number of nitrogens with zero attached hydrogens (tertiary/aromatic N) is 2. The number of thioether (sulfide) groups is 1. The van der Waals surface area contributed by atoms with Crippen molar-refractivity contribution in [3.63, 3.8) is 0 Å². The molecule has 1 fully saturated rings. The Morgan fingerprint density at radius 1 is 1.30 bits per heavy atom. The topological polar surface area (TPSA) is 81.9 Å². The first-order valence-corrected chi connectivity index (χ1v) is 10.4. The summed E-state index contributed by atoms with van der Waals surface area (Å²) in [6.45, 7) is 2.12. The standard InChI is InChI=1S/C20H17ClN2O5S2/c1-3-27-16-9-12(10-17-19(24)22(2)20(29)30-17)8-14(21)18(16)28-11-13-6-4-5-7-15(13)23(25)26/h4-10H,3,11H2,1-2H3. The van der Waals surface area contributed by atoms with E-state index in [1.165, 1.54) is 22.7 Å². The van der Waals surface area contributed by atoms with Gasteiger partial charge in [-0.1, -0.05) is 47.7 Å². The number of nitro groups is 1. The van der Waals surface area contributed by atoms with Gasteiger partial charge in [0.05, 0.1) is 27.0 Å². The van der Waals surface area contributed by atoms with Crippen LogP contribution in [0.3, 0.4) is 0 Å². The van der Waals surface area contributed by atoms with E-state index >= 15 is 0 Å². The van der Waals surface area contributed by atoms with Crippen molar-refractivity contribution in [2.24, 2.45) is 0 Å². The number of nitro benzene ring substituents is 1. The molecule has 3 rings (SSSR count). The molecule has 1 amide bonds. The highest BCUT2D eigenvalue weighted by atomic mass is 35.5. The minimum Gasteiger partial charge on any atom is -0.490 e. The molecule has 0 aromatic heterocycles. The summed E-state index contributed by atoms with van der Waals surface area (Å²) in [4.78, 5) is 24.9. The van der Waals surface area contributed by atoms with Gasteiger partial charge in [-0.15, -0.1) is 0 Å². The lowest BCUT2D eigenvalue weighted by Gasteiger charge is -2.15. The van der Waals surface area contributed by atoms with E-state index in [0.29, 0.717) is 32.7 Å². The van der Waals surface area contributed by atoms with Crippen LogP contribution in [0.5, 0.6) is 11.5 Å². The third-order valence-electron chi connectivity index (χ3n) is 4.18. The number of carbonyl (C=O) groups is 1. The molecule has 2 aromatic carbocycles. The van der Waals surface area contributed by atoms with Crippen LogP contribution in [0.25, 0.3) is 6.08 Å². The van der Waals surface area contributed by atoms with Crippen molar-refractivity contribution in [1.29, 1.82) is 0 Å². The fourth-order valence-electron chi connectivity index (χ4n) is 2.73. The number of likely N-dealkylation sites (N-methyl/N-ethyl adjacent to an activating group) is 1. The van der Waals surface area contributed by atoms with E-state index in [9.17, 15) is 14.9 Å². The lowest BCUT2D eigenvalue weighted by atomic mass is 10.1. The number of benzene rings is 2. The van der Waals surface area contributed by atoms with E-state index in [1.807, 2.05) is 6.92 Å². The highest BCUT2D eigenvalue weighted by Gasteiger charge is 2.29. The number of carbonyl (C=O) groups excluding carboxylic acids is 1. The Hall–Kier alpha value is -2.62. The highest BCUT2D eigenvalue weighted by molar-refractivity contribution is 8.26. The van der Waals surface area contributed by atoms with Gasteiger partial charge in [-0.25, -0.2) is 0 Å². The molecule has 1 saturated heterocycles. The number of ether oxygens (including phenoxy) is 2. The fraction of sp³-hybridized carbons (Fsp3) is 0.200. The molecule has 1 aliphatic heterocycles. The van der Waals surface area contributed by atoms with Crippen molar-refractivity contribution in [1.82, 2.24) is 4.90 Å². The molecule has 30 heavy (non-hydrogen) atoms. The maximum absolute atomic E-state index is 12.2. The van der Waals surface area contributed by atoms with E-state index in [1.54, 1.807) is 43.5 Å². The maximum Gasteiger partial charge on any atom is 0.276 e. The van der Waals surface area contributed by atoms with Crippen molar-refractivity contribution < 1.29 is 19.2 Å². The first kappa shape index (κ1) is 22.1. The Kier molecular flexibility index (Phi) is 6.96. The van der Waals surface area contributed by atoms with E-state index in [2.05, 4.69) is 0 Å². The summed E-state index contributed by atoms with van der Waals surface area (Å²) in [6.07, 6.45) is 1.68. The van der Waals surface area contributed by atoms with Gasteiger partial charge < -0.3 is 9.47 Å². The predicted octanol–water partition coefficient (Wildman–Crippen LogP) is 5.06. The predicted molar refractivity (Wildman–Crippen MR) is 121 cm³/mol. The second kappa shape index (κ2) is 9.46. The summed E-state index contributed by atoms with van der Waals surface area (Å²) < 4.78 is 11.9. The molecule has 0 radical (unpaired) electrons. The first-order valence-electron chi connectivity index (χ1n) is 8.84. The zero-order valence-electron chi connectivity index (χ0n) is 16.1. The third kappa shape index (κ3) is 4.75. The minimum absolute atomic E-state index is 0.0372. The molecule has 0 N–H and O–H groups in total. The van der Waals surface area contributed by atoms with Crippen LogP contribution in [0.1, 0.15) is 18.1 Å². The lowest BCUT2D eigenvalue weighted by molar-refractivity contribution is -0.385. The molecule has 0 unspecified atom stereocenters. The number of para-hydroxylation sites is 1. The van der Waals surface area contributed by atoms with Gasteiger partial charge in [0.15, 0.2) is 11.5 Å². The van der Waals surface area contributed by atoms with Gasteiger partial charge in [0.2, 0.25) is 0 Å². The second-order valence-electron chi connectivity index (χ2n) is 6.18. The Morgan fingerprint density at radius 3 is 2.67 bits per heavy atom. The second-order valence-corrected chi connectivity index (χ2v) is 8.26. The summed E-state index contributed by atoms with van der Waals surface area (Å²) in [7, 11) is 1.62. The van der Waals surface area contributed by atoms with Crippen LogP contribution in [0.4, 0.5) is 5.69 Å². The van der Waals surface area contributed by atoms with Gasteiger partial charge in [-0.05, 0) is 36.8 Å². The molecule has 0 aliphatic carbocycles. The summed E-state index contributed by atoms with van der Waals surface area (Å²) >= 11 is 12.8. The molecule has 1 aliphatic rings. The molecular formula is C20H17ClN2O5S2. The molecule has 0 spiro atoms. The monoisotopic (exact) mass is 464 g/mol.